The number of hydrogen-bond donors (Lipinski definition) is 0. The number of hydrogen-bond acceptors (Lipinski definition) is 4. The van der Waals surface area contributed by atoms with Crippen LogP contribution in [0.3, 0.4) is 0 Å². The lowest BCUT2D eigenvalue weighted by atomic mass is 10.1. The number of rotatable bonds is 3. The quantitative estimate of drug-likeness (QED) is 0.840. The second-order valence-corrected chi connectivity index (χ2v) is 6.26. The van der Waals surface area contributed by atoms with Gasteiger partial charge in [0, 0.05) is 69.6 Å². The maximum absolute atomic E-state index is 14.1. The highest BCUT2D eigenvalue weighted by Crippen LogP contribution is 2.23. The number of methoxy groups -OCH3 is 1. The fourth-order valence-corrected chi connectivity index (χ4v) is 3.39. The molecule has 0 bridgehead atoms. The topological polar surface area (TPSA) is 19.0 Å². The van der Waals surface area contributed by atoms with E-state index in [4.69, 9.17) is 4.74 Å². The fourth-order valence-electron chi connectivity index (χ4n) is 3.39. The Morgan fingerprint density at radius 2 is 1.77 bits per heavy atom. The maximum atomic E-state index is 14.1. The third kappa shape index (κ3) is 3.24. The second kappa shape index (κ2) is 6.48. The first kappa shape index (κ1) is 15.6. The number of ether oxygens (including phenoxy) is 1. The Hall–Kier alpha value is -1.24. The lowest BCUT2D eigenvalue weighted by Gasteiger charge is -2.46. The van der Waals surface area contributed by atoms with E-state index in [1.807, 2.05) is 0 Å². The van der Waals surface area contributed by atoms with Crippen molar-refractivity contribution in [1.29, 1.82) is 0 Å². The predicted molar refractivity (Wildman–Crippen MR) is 81.0 cm³/mol. The minimum Gasteiger partial charge on any atom is -0.497 e. The SMILES string of the molecule is COc1cc(F)c(CN2CCN3CCN(C)C[C@@H]3C2)c(F)c1. The van der Waals surface area contributed by atoms with Crippen LogP contribution in [0.1, 0.15) is 5.56 Å². The van der Waals surface area contributed by atoms with Gasteiger partial charge in [-0.2, -0.15) is 0 Å². The highest BCUT2D eigenvalue weighted by molar-refractivity contribution is 5.30. The van der Waals surface area contributed by atoms with Gasteiger partial charge in [0.1, 0.15) is 17.4 Å². The van der Waals surface area contributed by atoms with Crippen molar-refractivity contribution in [1.82, 2.24) is 14.7 Å². The van der Waals surface area contributed by atoms with Crippen LogP contribution in [0.4, 0.5) is 8.78 Å². The van der Waals surface area contributed by atoms with Crippen LogP contribution in [0.25, 0.3) is 0 Å². The molecule has 2 aliphatic heterocycles. The lowest BCUT2D eigenvalue weighted by molar-refractivity contribution is 0.0168. The molecule has 2 saturated heterocycles. The van der Waals surface area contributed by atoms with Gasteiger partial charge in [-0.3, -0.25) is 9.80 Å². The third-order valence-corrected chi connectivity index (χ3v) is 4.71. The Kier molecular flexibility index (Phi) is 4.61. The summed E-state index contributed by atoms with van der Waals surface area (Å²) in [5.41, 5.74) is 0.137. The molecule has 2 fully saturated rings. The van der Waals surface area contributed by atoms with Crippen molar-refractivity contribution < 1.29 is 13.5 Å². The Morgan fingerprint density at radius 3 is 2.45 bits per heavy atom. The highest BCUT2D eigenvalue weighted by Gasteiger charge is 2.31. The van der Waals surface area contributed by atoms with Crippen LogP contribution in [0.5, 0.6) is 5.75 Å². The Morgan fingerprint density at radius 1 is 1.09 bits per heavy atom. The highest BCUT2D eigenvalue weighted by atomic mass is 19.1. The summed E-state index contributed by atoms with van der Waals surface area (Å²) in [7, 11) is 3.53. The van der Waals surface area contributed by atoms with Gasteiger partial charge in [-0.05, 0) is 7.05 Å². The summed E-state index contributed by atoms with van der Waals surface area (Å²) >= 11 is 0. The molecule has 0 aromatic heterocycles. The average molecular weight is 311 g/mol. The summed E-state index contributed by atoms with van der Waals surface area (Å²) in [6, 6.07) is 2.96. The zero-order chi connectivity index (χ0) is 15.7. The van der Waals surface area contributed by atoms with E-state index in [1.165, 1.54) is 19.2 Å². The van der Waals surface area contributed by atoms with Gasteiger partial charge in [0.25, 0.3) is 0 Å². The normalized spacial score (nSPS) is 24.3. The van der Waals surface area contributed by atoms with Crippen LogP contribution in [-0.2, 0) is 6.54 Å². The van der Waals surface area contributed by atoms with E-state index in [1.54, 1.807) is 0 Å². The summed E-state index contributed by atoms with van der Waals surface area (Å²) in [5, 5.41) is 0. The van der Waals surface area contributed by atoms with Crippen molar-refractivity contribution in [2.24, 2.45) is 0 Å². The predicted octanol–water partition coefficient (Wildman–Crippen LogP) is 1.40. The van der Waals surface area contributed by atoms with E-state index in [-0.39, 0.29) is 11.3 Å². The summed E-state index contributed by atoms with van der Waals surface area (Å²) in [6.45, 7) is 6.19. The second-order valence-electron chi connectivity index (χ2n) is 6.26. The molecule has 3 rings (SSSR count). The number of fused-ring (bicyclic) bond motifs is 1. The summed E-state index contributed by atoms with van der Waals surface area (Å²) in [4.78, 5) is 6.95. The van der Waals surface area contributed by atoms with Crippen LogP contribution in [0.2, 0.25) is 0 Å². The molecular weight excluding hydrogens is 288 g/mol. The summed E-state index contributed by atoms with van der Waals surface area (Å²) < 4.78 is 33.1. The van der Waals surface area contributed by atoms with Gasteiger partial charge in [0.05, 0.1) is 7.11 Å². The molecule has 6 heteroatoms. The molecule has 0 amide bonds. The Bertz CT molecular complexity index is 517. The minimum atomic E-state index is -0.528. The smallest absolute Gasteiger partial charge is 0.134 e. The van der Waals surface area contributed by atoms with Crippen molar-refractivity contribution in [3.63, 3.8) is 0 Å². The third-order valence-electron chi connectivity index (χ3n) is 4.71. The number of halogens is 2. The number of piperazine rings is 2. The molecule has 0 saturated carbocycles. The van der Waals surface area contributed by atoms with E-state index in [9.17, 15) is 8.78 Å². The zero-order valence-corrected chi connectivity index (χ0v) is 13.2. The number of likely N-dealkylation sites (N-methyl/N-ethyl adjacent to an activating group) is 1. The monoisotopic (exact) mass is 311 g/mol. The van der Waals surface area contributed by atoms with Crippen molar-refractivity contribution in [2.45, 2.75) is 12.6 Å². The first-order valence-corrected chi connectivity index (χ1v) is 7.73. The maximum Gasteiger partial charge on any atom is 0.134 e. The average Bonchev–Trinajstić information content (AvgIpc) is 2.50. The van der Waals surface area contributed by atoms with E-state index in [0.29, 0.717) is 12.6 Å². The first-order valence-electron chi connectivity index (χ1n) is 7.73. The van der Waals surface area contributed by atoms with Crippen LogP contribution in [0, 0.1) is 11.6 Å². The Labute approximate surface area is 130 Å². The van der Waals surface area contributed by atoms with E-state index in [0.717, 1.165) is 39.3 Å². The van der Waals surface area contributed by atoms with E-state index < -0.39 is 11.6 Å². The molecule has 1 aromatic rings. The van der Waals surface area contributed by atoms with Gasteiger partial charge >= 0.3 is 0 Å². The van der Waals surface area contributed by atoms with Gasteiger partial charge in [-0.15, -0.1) is 0 Å². The molecule has 4 nitrogen and oxygen atoms in total. The minimum absolute atomic E-state index is 0.137. The standard InChI is InChI=1S/C16H23F2N3O/c1-19-3-5-21-6-4-20(10-12(21)9-19)11-14-15(17)7-13(22-2)8-16(14)18/h7-8,12H,3-6,9-11H2,1-2H3/t12-/m1/s1. The van der Waals surface area contributed by atoms with E-state index in [2.05, 4.69) is 21.7 Å². The molecule has 0 spiro atoms. The van der Waals surface area contributed by atoms with Gasteiger partial charge < -0.3 is 9.64 Å². The van der Waals surface area contributed by atoms with Crippen molar-refractivity contribution in [2.75, 3.05) is 53.4 Å². The van der Waals surface area contributed by atoms with Crippen LogP contribution < -0.4 is 4.74 Å². The fraction of sp³-hybridized carbons (Fsp3) is 0.625. The summed E-state index contributed by atoms with van der Waals surface area (Å²) in [6.07, 6.45) is 0. The van der Waals surface area contributed by atoms with Crippen LogP contribution >= 0.6 is 0 Å². The van der Waals surface area contributed by atoms with Gasteiger partial charge in [-0.1, -0.05) is 0 Å². The van der Waals surface area contributed by atoms with Crippen molar-refractivity contribution in [3.05, 3.63) is 29.3 Å². The van der Waals surface area contributed by atoms with Gasteiger partial charge in [-0.25, -0.2) is 8.78 Å². The van der Waals surface area contributed by atoms with Gasteiger partial charge in [0.2, 0.25) is 0 Å². The molecule has 0 aliphatic carbocycles. The molecule has 0 N–H and O–H groups in total. The van der Waals surface area contributed by atoms with Gasteiger partial charge in [0.15, 0.2) is 0 Å². The molecule has 0 unspecified atom stereocenters. The molecule has 1 atom stereocenters. The molecule has 1 aromatic carbocycles. The van der Waals surface area contributed by atoms with Crippen LogP contribution in [0.15, 0.2) is 12.1 Å². The lowest BCUT2D eigenvalue weighted by Crippen LogP contribution is -2.61. The largest absolute Gasteiger partial charge is 0.497 e. The van der Waals surface area contributed by atoms with Crippen molar-refractivity contribution >= 4 is 0 Å². The Balaban J connectivity index is 1.69. The van der Waals surface area contributed by atoms with E-state index >= 15 is 0 Å². The molecular formula is C16H23F2N3O. The molecule has 0 radical (unpaired) electrons. The zero-order valence-electron chi connectivity index (χ0n) is 13.2. The number of nitrogens with zero attached hydrogens (tertiary/aromatic N) is 3. The van der Waals surface area contributed by atoms with Crippen LogP contribution in [-0.4, -0.2) is 74.2 Å². The molecule has 2 aliphatic rings. The molecule has 2 heterocycles. The molecule has 122 valence electrons. The van der Waals surface area contributed by atoms with Crippen molar-refractivity contribution in [3.8, 4) is 5.75 Å². The summed E-state index contributed by atoms with van der Waals surface area (Å²) in [5.74, 6) is -0.836. The number of benzene rings is 1. The molecule has 22 heavy (non-hydrogen) atoms. The first-order chi connectivity index (χ1) is 10.6.